The van der Waals surface area contributed by atoms with Crippen molar-refractivity contribution in [3.05, 3.63) is 0 Å². The second-order valence-corrected chi connectivity index (χ2v) is 4.35. The average molecular weight is 215 g/mol. The van der Waals surface area contributed by atoms with E-state index in [1.165, 1.54) is 6.42 Å². The summed E-state index contributed by atoms with van der Waals surface area (Å²) >= 11 is 0. The molecule has 1 fully saturated rings. The molecule has 0 aromatic heterocycles. The molecule has 4 heteroatoms. The summed E-state index contributed by atoms with van der Waals surface area (Å²) in [7, 11) is 0. The molecular formula is C11H21NO3. The zero-order valence-corrected chi connectivity index (χ0v) is 9.57. The maximum absolute atomic E-state index is 11.3. The molecule has 0 bridgehead atoms. The number of carbonyl (C=O) groups is 1. The lowest BCUT2D eigenvalue weighted by Gasteiger charge is -2.29. The fraction of sp³-hybridized carbons (Fsp3) is 0.909. The van der Waals surface area contributed by atoms with Crippen molar-refractivity contribution in [2.75, 3.05) is 6.54 Å². The first kappa shape index (κ1) is 12.3. The SMILES string of the molecule is CC(C)OC(=O)OC1CCCCC1CN. The Labute approximate surface area is 91.1 Å². The minimum Gasteiger partial charge on any atom is -0.432 e. The molecule has 0 amide bonds. The van der Waals surface area contributed by atoms with Gasteiger partial charge in [-0.15, -0.1) is 0 Å². The molecule has 0 aromatic carbocycles. The highest BCUT2D eigenvalue weighted by Gasteiger charge is 2.27. The standard InChI is InChI=1S/C11H21NO3/c1-8(2)14-11(13)15-10-6-4-3-5-9(10)7-12/h8-10H,3-7,12H2,1-2H3. The van der Waals surface area contributed by atoms with Gasteiger partial charge in [0.15, 0.2) is 0 Å². The van der Waals surface area contributed by atoms with Crippen molar-refractivity contribution >= 4 is 6.16 Å². The van der Waals surface area contributed by atoms with Crippen LogP contribution in [-0.4, -0.2) is 24.9 Å². The van der Waals surface area contributed by atoms with Crippen LogP contribution in [0.5, 0.6) is 0 Å². The van der Waals surface area contributed by atoms with Crippen LogP contribution < -0.4 is 5.73 Å². The van der Waals surface area contributed by atoms with Crippen LogP contribution in [0, 0.1) is 5.92 Å². The summed E-state index contributed by atoms with van der Waals surface area (Å²) in [5.74, 6) is 0.304. The average Bonchev–Trinajstić information content (AvgIpc) is 2.17. The fourth-order valence-corrected chi connectivity index (χ4v) is 1.94. The third-order valence-corrected chi connectivity index (χ3v) is 2.72. The molecule has 1 aliphatic carbocycles. The monoisotopic (exact) mass is 215 g/mol. The number of nitrogens with two attached hydrogens (primary N) is 1. The first-order valence-electron chi connectivity index (χ1n) is 5.70. The van der Waals surface area contributed by atoms with Gasteiger partial charge in [-0.25, -0.2) is 4.79 Å². The van der Waals surface area contributed by atoms with Crippen LogP contribution in [-0.2, 0) is 9.47 Å². The minimum atomic E-state index is -0.560. The van der Waals surface area contributed by atoms with E-state index in [1.807, 2.05) is 13.8 Å². The first-order valence-corrected chi connectivity index (χ1v) is 5.70. The molecule has 15 heavy (non-hydrogen) atoms. The van der Waals surface area contributed by atoms with Gasteiger partial charge in [-0.05, 0) is 39.7 Å². The highest BCUT2D eigenvalue weighted by molar-refractivity contribution is 5.60. The molecule has 2 atom stereocenters. The van der Waals surface area contributed by atoms with Gasteiger partial charge in [-0.2, -0.15) is 0 Å². The van der Waals surface area contributed by atoms with Crippen molar-refractivity contribution in [1.29, 1.82) is 0 Å². The normalized spacial score (nSPS) is 26.4. The molecule has 0 heterocycles. The smallest absolute Gasteiger partial charge is 0.432 e. The summed E-state index contributed by atoms with van der Waals surface area (Å²) in [4.78, 5) is 11.3. The second-order valence-electron chi connectivity index (χ2n) is 4.35. The van der Waals surface area contributed by atoms with Gasteiger partial charge < -0.3 is 15.2 Å². The van der Waals surface area contributed by atoms with E-state index in [1.54, 1.807) is 0 Å². The molecule has 1 aliphatic rings. The van der Waals surface area contributed by atoms with Crippen LogP contribution in [0.4, 0.5) is 4.79 Å². The van der Waals surface area contributed by atoms with Gasteiger partial charge in [0.25, 0.3) is 0 Å². The van der Waals surface area contributed by atoms with Crippen LogP contribution in [0.15, 0.2) is 0 Å². The van der Waals surface area contributed by atoms with Gasteiger partial charge in [-0.3, -0.25) is 0 Å². The summed E-state index contributed by atoms with van der Waals surface area (Å²) in [5.41, 5.74) is 5.64. The number of rotatable bonds is 3. The summed E-state index contributed by atoms with van der Waals surface area (Å²) in [6, 6.07) is 0. The molecule has 0 saturated heterocycles. The Balaban J connectivity index is 2.37. The Morgan fingerprint density at radius 1 is 1.40 bits per heavy atom. The summed E-state index contributed by atoms with van der Waals surface area (Å²) in [5, 5.41) is 0. The van der Waals surface area contributed by atoms with Crippen molar-refractivity contribution in [2.45, 2.75) is 51.7 Å². The van der Waals surface area contributed by atoms with E-state index in [9.17, 15) is 4.79 Å². The number of carbonyl (C=O) groups excluding carboxylic acids is 1. The van der Waals surface area contributed by atoms with Gasteiger partial charge in [0.05, 0.1) is 6.10 Å². The van der Waals surface area contributed by atoms with Crippen molar-refractivity contribution in [3.8, 4) is 0 Å². The molecule has 4 nitrogen and oxygen atoms in total. The van der Waals surface area contributed by atoms with Crippen LogP contribution in [0.3, 0.4) is 0 Å². The highest BCUT2D eigenvalue weighted by Crippen LogP contribution is 2.26. The number of hydrogen-bond acceptors (Lipinski definition) is 4. The van der Waals surface area contributed by atoms with E-state index in [0.29, 0.717) is 12.5 Å². The van der Waals surface area contributed by atoms with E-state index >= 15 is 0 Å². The van der Waals surface area contributed by atoms with Crippen LogP contribution in [0.25, 0.3) is 0 Å². The van der Waals surface area contributed by atoms with E-state index in [4.69, 9.17) is 15.2 Å². The minimum absolute atomic E-state index is 0.0463. The van der Waals surface area contributed by atoms with Gasteiger partial charge in [-0.1, -0.05) is 6.42 Å². The lowest BCUT2D eigenvalue weighted by molar-refractivity contribution is -0.0217. The van der Waals surface area contributed by atoms with Gasteiger partial charge in [0.2, 0.25) is 0 Å². The Kier molecular flexibility index (Phi) is 4.88. The molecule has 2 unspecified atom stereocenters. The topological polar surface area (TPSA) is 61.5 Å². The van der Waals surface area contributed by atoms with Crippen molar-refractivity contribution in [2.24, 2.45) is 11.7 Å². The zero-order valence-electron chi connectivity index (χ0n) is 9.57. The van der Waals surface area contributed by atoms with Crippen molar-refractivity contribution in [1.82, 2.24) is 0 Å². The van der Waals surface area contributed by atoms with E-state index in [0.717, 1.165) is 19.3 Å². The fourth-order valence-electron chi connectivity index (χ4n) is 1.94. The third-order valence-electron chi connectivity index (χ3n) is 2.72. The van der Waals surface area contributed by atoms with Crippen LogP contribution in [0.1, 0.15) is 39.5 Å². The van der Waals surface area contributed by atoms with Crippen LogP contribution >= 0.6 is 0 Å². The Morgan fingerprint density at radius 3 is 2.67 bits per heavy atom. The number of ether oxygens (including phenoxy) is 2. The largest absolute Gasteiger partial charge is 0.508 e. The van der Waals surface area contributed by atoms with Gasteiger partial charge in [0.1, 0.15) is 6.10 Å². The predicted octanol–water partition coefficient (Wildman–Crippen LogP) is 2.07. The lowest BCUT2D eigenvalue weighted by atomic mass is 9.86. The molecule has 0 aliphatic heterocycles. The number of hydrogen-bond donors (Lipinski definition) is 1. The molecule has 2 N–H and O–H groups in total. The summed E-state index contributed by atoms with van der Waals surface area (Å²) < 4.78 is 10.2. The van der Waals surface area contributed by atoms with Gasteiger partial charge in [0, 0.05) is 5.92 Å². The lowest BCUT2D eigenvalue weighted by Crippen LogP contribution is -2.35. The molecule has 1 rings (SSSR count). The maximum Gasteiger partial charge on any atom is 0.508 e. The molecule has 0 spiro atoms. The molecule has 88 valence electrons. The van der Waals surface area contributed by atoms with Crippen molar-refractivity contribution < 1.29 is 14.3 Å². The molecule has 0 aromatic rings. The Hall–Kier alpha value is -0.770. The van der Waals surface area contributed by atoms with E-state index in [2.05, 4.69) is 0 Å². The van der Waals surface area contributed by atoms with Crippen molar-refractivity contribution in [3.63, 3.8) is 0 Å². The van der Waals surface area contributed by atoms with Gasteiger partial charge >= 0.3 is 6.16 Å². The first-order chi connectivity index (χ1) is 7.13. The zero-order chi connectivity index (χ0) is 11.3. The molecular weight excluding hydrogens is 194 g/mol. The predicted molar refractivity (Wildman–Crippen MR) is 57.5 cm³/mol. The van der Waals surface area contributed by atoms with E-state index in [-0.39, 0.29) is 12.2 Å². The summed E-state index contributed by atoms with van der Waals surface area (Å²) in [6.45, 7) is 4.20. The summed E-state index contributed by atoms with van der Waals surface area (Å²) in [6.07, 6.45) is 3.52. The van der Waals surface area contributed by atoms with E-state index < -0.39 is 6.16 Å². The van der Waals surface area contributed by atoms with Crippen LogP contribution in [0.2, 0.25) is 0 Å². The highest BCUT2D eigenvalue weighted by atomic mass is 16.7. The molecule has 0 radical (unpaired) electrons. The second kappa shape index (κ2) is 5.95. The quantitative estimate of drug-likeness (QED) is 0.732. The Bertz CT molecular complexity index is 206. The third kappa shape index (κ3) is 4.08. The maximum atomic E-state index is 11.3. The molecule has 1 saturated carbocycles. The Morgan fingerprint density at radius 2 is 2.07 bits per heavy atom.